The molecule has 0 aliphatic rings. The molecule has 0 spiro atoms. The lowest BCUT2D eigenvalue weighted by Crippen LogP contribution is -2.07. The van der Waals surface area contributed by atoms with Gasteiger partial charge in [-0.15, -0.1) is 0 Å². The zero-order valence-corrected chi connectivity index (χ0v) is 27.8. The van der Waals surface area contributed by atoms with Crippen molar-refractivity contribution in [1.29, 1.82) is 5.26 Å². The molecule has 8 aromatic rings. The second-order valence-corrected chi connectivity index (χ2v) is 13.3. The number of benzene rings is 6. The van der Waals surface area contributed by atoms with E-state index in [1.165, 1.54) is 12.1 Å². The van der Waals surface area contributed by atoms with Gasteiger partial charge in [-0.3, -0.25) is 0 Å². The summed E-state index contributed by atoms with van der Waals surface area (Å²) in [6, 6.07) is 35.5. The van der Waals surface area contributed by atoms with Gasteiger partial charge in [0.25, 0.3) is 0 Å². The third-order valence-electron chi connectivity index (χ3n) is 9.59. The molecule has 3 nitrogen and oxygen atoms in total. The molecule has 0 unspecified atom stereocenters. The maximum Gasteiger partial charge on any atom is 0.416 e. The minimum absolute atomic E-state index is 0.416. The Kier molecular flexibility index (Phi) is 6.77. The topological polar surface area (TPSA) is 33.6 Å². The highest BCUT2D eigenvalue weighted by Gasteiger charge is 2.32. The number of nitrogens with zero attached hydrogens (tertiary/aromatic N) is 3. The van der Waals surface area contributed by atoms with Crippen molar-refractivity contribution in [3.05, 3.63) is 142 Å². The molecular formula is C43H32F3N3. The van der Waals surface area contributed by atoms with Crippen LogP contribution in [0.4, 0.5) is 13.2 Å². The van der Waals surface area contributed by atoms with Gasteiger partial charge in [0.1, 0.15) is 6.07 Å². The number of aryl methyl sites for hydroxylation is 5. The Morgan fingerprint density at radius 1 is 0.490 bits per heavy atom. The van der Waals surface area contributed by atoms with E-state index in [1.54, 1.807) is 13.0 Å². The van der Waals surface area contributed by atoms with E-state index in [4.69, 9.17) is 0 Å². The molecule has 0 radical (unpaired) electrons. The molecule has 2 heterocycles. The number of hydrogen-bond acceptors (Lipinski definition) is 1. The minimum Gasteiger partial charge on any atom is -0.309 e. The summed E-state index contributed by atoms with van der Waals surface area (Å²) >= 11 is 0. The Hall–Kier alpha value is -5.80. The van der Waals surface area contributed by atoms with E-state index >= 15 is 0 Å². The highest BCUT2D eigenvalue weighted by Crippen LogP contribution is 2.42. The van der Waals surface area contributed by atoms with Gasteiger partial charge >= 0.3 is 6.18 Å². The molecule has 0 fully saturated rings. The molecule has 6 heteroatoms. The monoisotopic (exact) mass is 647 g/mol. The van der Waals surface area contributed by atoms with E-state index in [2.05, 4.69) is 88.0 Å². The molecule has 2 aromatic heterocycles. The first-order chi connectivity index (χ1) is 23.4. The highest BCUT2D eigenvalue weighted by molar-refractivity contribution is 6.11. The van der Waals surface area contributed by atoms with Crippen LogP contribution in [0.1, 0.15) is 38.9 Å². The van der Waals surface area contributed by atoms with Gasteiger partial charge in [-0.1, -0.05) is 54.6 Å². The summed E-state index contributed by atoms with van der Waals surface area (Å²) in [5.41, 5.74) is 10.4. The Bertz CT molecular complexity index is 2600. The average Bonchev–Trinajstić information content (AvgIpc) is 3.53. The van der Waals surface area contributed by atoms with E-state index in [9.17, 15) is 18.4 Å². The molecule has 6 aromatic carbocycles. The second-order valence-electron chi connectivity index (χ2n) is 13.3. The fourth-order valence-corrected chi connectivity index (χ4v) is 7.37. The summed E-state index contributed by atoms with van der Waals surface area (Å²) in [4.78, 5) is 0. The van der Waals surface area contributed by atoms with Crippen LogP contribution in [0.15, 0.2) is 103 Å². The minimum atomic E-state index is -4.53. The average molecular weight is 648 g/mol. The van der Waals surface area contributed by atoms with Crippen molar-refractivity contribution in [3.8, 4) is 28.6 Å². The molecule has 0 saturated carbocycles. The fourth-order valence-electron chi connectivity index (χ4n) is 7.37. The summed E-state index contributed by atoms with van der Waals surface area (Å²) in [6.45, 7) is 9.81. The molecule has 49 heavy (non-hydrogen) atoms. The first kappa shape index (κ1) is 30.5. The molecule has 0 bridgehead atoms. The Morgan fingerprint density at radius 2 is 0.918 bits per heavy atom. The normalized spacial score (nSPS) is 12.1. The van der Waals surface area contributed by atoms with Gasteiger partial charge in [0, 0.05) is 27.1 Å². The number of aromatic nitrogens is 2. The van der Waals surface area contributed by atoms with Crippen LogP contribution in [0.5, 0.6) is 0 Å². The molecule has 0 N–H and O–H groups in total. The van der Waals surface area contributed by atoms with Crippen LogP contribution in [0.3, 0.4) is 0 Å². The van der Waals surface area contributed by atoms with Crippen molar-refractivity contribution >= 4 is 43.6 Å². The van der Waals surface area contributed by atoms with E-state index < -0.39 is 11.7 Å². The summed E-state index contributed by atoms with van der Waals surface area (Å²) in [7, 11) is 0. The summed E-state index contributed by atoms with van der Waals surface area (Å²) in [5.74, 6) is 0. The SMILES string of the molecule is Cc1cc(-c2cc(-n3c4cc(C)ccc4c4ccc(C)cc43)c(C#N)cc2-n2c3cc(C)ccc3c3ccc(C)cc32)cc(C(F)(F)F)c1. The maximum absolute atomic E-state index is 14.3. The van der Waals surface area contributed by atoms with Gasteiger partial charge in [-0.2, -0.15) is 18.4 Å². The van der Waals surface area contributed by atoms with Crippen LogP contribution in [0.2, 0.25) is 0 Å². The molecule has 240 valence electrons. The van der Waals surface area contributed by atoms with Gasteiger partial charge in [0.05, 0.1) is 44.6 Å². The standard InChI is InChI=1S/C43H32F3N3/c1-24-6-10-32-33-11-7-25(2)17-39(33)48(38(32)16-24)37-22-36(29-14-28(5)15-31(20-29)43(44,45)46)42(21-30(37)23-47)49-40-18-26(3)8-12-34(40)35-13-9-27(4)19-41(35)49/h6-22H,1-5H3. The van der Waals surface area contributed by atoms with Gasteiger partial charge in [0.15, 0.2) is 0 Å². The maximum atomic E-state index is 14.3. The van der Waals surface area contributed by atoms with Gasteiger partial charge in [0.2, 0.25) is 0 Å². The van der Waals surface area contributed by atoms with E-state index in [0.717, 1.165) is 65.9 Å². The van der Waals surface area contributed by atoms with Crippen molar-refractivity contribution < 1.29 is 13.2 Å². The first-order valence-electron chi connectivity index (χ1n) is 16.2. The zero-order chi connectivity index (χ0) is 34.4. The van der Waals surface area contributed by atoms with E-state index in [-0.39, 0.29) is 0 Å². The van der Waals surface area contributed by atoms with E-state index in [1.807, 2.05) is 39.8 Å². The Labute approximate surface area is 282 Å². The predicted octanol–water partition coefficient (Wildman–Crippen LogP) is 12.0. The van der Waals surface area contributed by atoms with Crippen LogP contribution < -0.4 is 0 Å². The third-order valence-corrected chi connectivity index (χ3v) is 9.59. The first-order valence-corrected chi connectivity index (χ1v) is 16.2. The molecule has 0 amide bonds. The number of rotatable bonds is 3. The summed E-state index contributed by atoms with van der Waals surface area (Å²) in [5, 5.41) is 15.0. The zero-order valence-electron chi connectivity index (χ0n) is 27.8. The van der Waals surface area contributed by atoms with Gasteiger partial charge in [-0.05, 0) is 117 Å². The van der Waals surface area contributed by atoms with Gasteiger partial charge < -0.3 is 9.13 Å². The molecule has 0 aliphatic carbocycles. The number of alkyl halides is 3. The lowest BCUT2D eigenvalue weighted by atomic mass is 9.96. The number of fused-ring (bicyclic) bond motifs is 6. The van der Waals surface area contributed by atoms with E-state index in [0.29, 0.717) is 33.6 Å². The Balaban J connectivity index is 1.57. The van der Waals surface area contributed by atoms with Crippen molar-refractivity contribution in [2.45, 2.75) is 40.8 Å². The van der Waals surface area contributed by atoms with Crippen molar-refractivity contribution in [2.24, 2.45) is 0 Å². The van der Waals surface area contributed by atoms with Crippen molar-refractivity contribution in [3.63, 3.8) is 0 Å². The number of halogens is 3. The fraction of sp³-hybridized carbons (Fsp3) is 0.140. The van der Waals surface area contributed by atoms with Gasteiger partial charge in [-0.25, -0.2) is 0 Å². The van der Waals surface area contributed by atoms with Crippen LogP contribution >= 0.6 is 0 Å². The molecule has 8 rings (SSSR count). The van der Waals surface area contributed by atoms with Crippen LogP contribution in [-0.4, -0.2) is 9.13 Å². The molecule has 0 aliphatic heterocycles. The van der Waals surface area contributed by atoms with Crippen molar-refractivity contribution in [1.82, 2.24) is 9.13 Å². The van der Waals surface area contributed by atoms with Crippen LogP contribution in [0.25, 0.3) is 66.1 Å². The predicted molar refractivity (Wildman–Crippen MR) is 194 cm³/mol. The van der Waals surface area contributed by atoms with Crippen LogP contribution in [0, 0.1) is 45.9 Å². The second kappa shape index (κ2) is 10.9. The molecule has 0 saturated heterocycles. The Morgan fingerprint density at radius 3 is 1.33 bits per heavy atom. The summed E-state index contributed by atoms with van der Waals surface area (Å²) in [6.07, 6.45) is -4.53. The number of hydrogen-bond donors (Lipinski definition) is 0. The van der Waals surface area contributed by atoms with Crippen LogP contribution in [-0.2, 0) is 6.18 Å². The molecule has 0 atom stereocenters. The number of nitriles is 1. The molecular weight excluding hydrogens is 615 g/mol. The third kappa shape index (κ3) is 4.88. The lowest BCUT2D eigenvalue weighted by molar-refractivity contribution is -0.137. The summed E-state index contributed by atoms with van der Waals surface area (Å²) < 4.78 is 47.2. The van der Waals surface area contributed by atoms with Crippen molar-refractivity contribution in [2.75, 3.05) is 0 Å². The smallest absolute Gasteiger partial charge is 0.309 e. The highest BCUT2D eigenvalue weighted by atomic mass is 19.4. The largest absolute Gasteiger partial charge is 0.416 e. The lowest BCUT2D eigenvalue weighted by Gasteiger charge is -2.20. The quantitative estimate of drug-likeness (QED) is 0.188.